The molecule has 1 aromatic rings. The first-order chi connectivity index (χ1) is 13.5. The van der Waals surface area contributed by atoms with Crippen LogP contribution in [0, 0.1) is 0 Å². The van der Waals surface area contributed by atoms with E-state index in [1.54, 1.807) is 6.08 Å². The second-order valence-corrected chi connectivity index (χ2v) is 8.61. The van der Waals surface area contributed by atoms with Crippen LogP contribution < -0.4 is 4.90 Å². The largest absolute Gasteiger partial charge is 0.480 e. The molecule has 28 heavy (non-hydrogen) atoms. The molecule has 2 aliphatic rings. The van der Waals surface area contributed by atoms with E-state index in [0.29, 0.717) is 4.91 Å². The second-order valence-electron chi connectivity index (χ2n) is 6.94. The molecule has 0 radical (unpaired) electrons. The molecule has 0 aromatic heterocycles. The van der Waals surface area contributed by atoms with Crippen molar-refractivity contribution in [3.05, 3.63) is 34.7 Å². The second kappa shape index (κ2) is 9.54. The zero-order chi connectivity index (χ0) is 20.1. The maximum Gasteiger partial charge on any atom is 0.323 e. The molecule has 2 aliphatic heterocycles. The van der Waals surface area contributed by atoms with Gasteiger partial charge in [0, 0.05) is 31.9 Å². The van der Waals surface area contributed by atoms with Crippen molar-refractivity contribution < 1.29 is 14.7 Å². The van der Waals surface area contributed by atoms with Crippen molar-refractivity contribution >= 4 is 51.9 Å². The number of hydrogen-bond donors (Lipinski definition) is 1. The van der Waals surface area contributed by atoms with Crippen LogP contribution in [0.3, 0.4) is 0 Å². The highest BCUT2D eigenvalue weighted by atomic mass is 32.2. The van der Waals surface area contributed by atoms with Gasteiger partial charge >= 0.3 is 5.97 Å². The maximum atomic E-state index is 12.3. The molecule has 150 valence electrons. The van der Waals surface area contributed by atoms with E-state index in [1.165, 1.54) is 25.1 Å². The van der Waals surface area contributed by atoms with Crippen molar-refractivity contribution in [2.75, 3.05) is 44.2 Å². The van der Waals surface area contributed by atoms with Crippen LogP contribution in [0.1, 0.15) is 25.3 Å². The Morgan fingerprint density at radius 2 is 1.89 bits per heavy atom. The number of unbranched alkanes of at least 4 members (excludes halogenated alkanes) is 1. The van der Waals surface area contributed by atoms with Gasteiger partial charge in [-0.05, 0) is 36.7 Å². The lowest BCUT2D eigenvalue weighted by atomic mass is 10.1. The van der Waals surface area contributed by atoms with Crippen LogP contribution in [-0.4, -0.2) is 70.4 Å². The van der Waals surface area contributed by atoms with Crippen LogP contribution in [0.4, 0.5) is 5.69 Å². The SMILES string of the molecule is CCCCN1CCN(c2ccc(/C=C3\SC(=S)N(CC(=O)O)C3=O)cc2)CC1. The third-order valence-corrected chi connectivity index (χ3v) is 6.30. The third-order valence-electron chi connectivity index (χ3n) is 4.92. The summed E-state index contributed by atoms with van der Waals surface area (Å²) >= 11 is 6.27. The number of carboxylic acid groups (broad SMARTS) is 1. The molecule has 0 atom stereocenters. The molecule has 1 aromatic carbocycles. The number of piperazine rings is 1. The van der Waals surface area contributed by atoms with E-state index in [9.17, 15) is 9.59 Å². The van der Waals surface area contributed by atoms with Crippen molar-refractivity contribution in [1.29, 1.82) is 0 Å². The van der Waals surface area contributed by atoms with Crippen LogP contribution in [0.25, 0.3) is 6.08 Å². The molecule has 6 nitrogen and oxygen atoms in total. The zero-order valence-electron chi connectivity index (χ0n) is 16.0. The number of nitrogens with zero attached hydrogens (tertiary/aromatic N) is 3. The van der Waals surface area contributed by atoms with Crippen LogP contribution in [0.2, 0.25) is 0 Å². The minimum atomic E-state index is -1.07. The number of carbonyl (C=O) groups is 2. The summed E-state index contributed by atoms with van der Waals surface area (Å²) in [4.78, 5) is 29.7. The average Bonchev–Trinajstić information content (AvgIpc) is 2.94. The van der Waals surface area contributed by atoms with E-state index in [4.69, 9.17) is 17.3 Å². The summed E-state index contributed by atoms with van der Waals surface area (Å²) in [6, 6.07) is 8.13. The Hall–Kier alpha value is -1.90. The Morgan fingerprint density at radius 3 is 2.50 bits per heavy atom. The van der Waals surface area contributed by atoms with Gasteiger partial charge in [-0.25, -0.2) is 0 Å². The van der Waals surface area contributed by atoms with Gasteiger partial charge in [-0.3, -0.25) is 19.4 Å². The molecule has 2 fully saturated rings. The summed E-state index contributed by atoms with van der Waals surface area (Å²) in [7, 11) is 0. The molecule has 8 heteroatoms. The van der Waals surface area contributed by atoms with E-state index in [1.807, 2.05) is 12.1 Å². The number of benzene rings is 1. The van der Waals surface area contributed by atoms with E-state index < -0.39 is 12.5 Å². The fourth-order valence-corrected chi connectivity index (χ4v) is 4.57. The summed E-state index contributed by atoms with van der Waals surface area (Å²) in [6.07, 6.45) is 4.26. The average molecular weight is 420 g/mol. The van der Waals surface area contributed by atoms with Crippen molar-refractivity contribution in [3.8, 4) is 0 Å². The topological polar surface area (TPSA) is 64.1 Å². The number of anilines is 1. The first kappa shape index (κ1) is 20.8. The molecule has 0 aliphatic carbocycles. The first-order valence-electron chi connectivity index (χ1n) is 9.52. The summed E-state index contributed by atoms with van der Waals surface area (Å²) in [6.45, 7) is 7.24. The van der Waals surface area contributed by atoms with Crippen LogP contribution in [0.5, 0.6) is 0 Å². The van der Waals surface area contributed by atoms with Gasteiger partial charge in [-0.2, -0.15) is 0 Å². The van der Waals surface area contributed by atoms with Gasteiger partial charge in [-0.1, -0.05) is 49.5 Å². The van der Waals surface area contributed by atoms with Gasteiger partial charge in [0.2, 0.25) is 0 Å². The summed E-state index contributed by atoms with van der Waals surface area (Å²) in [5, 5.41) is 8.91. The number of thioether (sulfide) groups is 1. The molecule has 0 saturated carbocycles. The van der Waals surface area contributed by atoms with Gasteiger partial charge in [0.1, 0.15) is 10.9 Å². The number of carbonyl (C=O) groups excluding carboxylic acids is 1. The Labute approximate surface area is 175 Å². The van der Waals surface area contributed by atoms with Crippen LogP contribution in [0.15, 0.2) is 29.2 Å². The lowest BCUT2D eigenvalue weighted by Gasteiger charge is -2.36. The van der Waals surface area contributed by atoms with Crippen molar-refractivity contribution in [2.45, 2.75) is 19.8 Å². The highest BCUT2D eigenvalue weighted by Gasteiger charge is 2.33. The minimum absolute atomic E-state index is 0.288. The molecule has 0 spiro atoms. The van der Waals surface area contributed by atoms with E-state index in [-0.39, 0.29) is 10.2 Å². The number of carboxylic acids is 1. The molecular weight excluding hydrogens is 394 g/mol. The molecule has 2 saturated heterocycles. The molecular formula is C20H25N3O3S2. The molecule has 1 N–H and O–H groups in total. The lowest BCUT2D eigenvalue weighted by molar-refractivity contribution is -0.140. The zero-order valence-corrected chi connectivity index (χ0v) is 17.6. The smallest absolute Gasteiger partial charge is 0.323 e. The fraction of sp³-hybridized carbons (Fsp3) is 0.450. The van der Waals surface area contributed by atoms with E-state index in [0.717, 1.165) is 48.4 Å². The highest BCUT2D eigenvalue weighted by molar-refractivity contribution is 8.26. The Balaban J connectivity index is 1.61. The van der Waals surface area contributed by atoms with Gasteiger partial charge in [0.25, 0.3) is 5.91 Å². The van der Waals surface area contributed by atoms with Gasteiger partial charge in [0.05, 0.1) is 4.91 Å². The van der Waals surface area contributed by atoms with E-state index >= 15 is 0 Å². The van der Waals surface area contributed by atoms with Crippen molar-refractivity contribution in [3.63, 3.8) is 0 Å². The Kier molecular flexibility index (Phi) is 7.09. The predicted molar refractivity (Wildman–Crippen MR) is 118 cm³/mol. The quantitative estimate of drug-likeness (QED) is 0.538. The third kappa shape index (κ3) is 5.12. The van der Waals surface area contributed by atoms with Crippen LogP contribution >= 0.6 is 24.0 Å². The van der Waals surface area contributed by atoms with Crippen LogP contribution in [-0.2, 0) is 9.59 Å². The number of rotatable bonds is 7. The molecule has 0 unspecified atom stereocenters. The predicted octanol–water partition coefficient (Wildman–Crippen LogP) is 2.89. The number of hydrogen-bond acceptors (Lipinski definition) is 6. The molecule has 3 rings (SSSR count). The number of thiocarbonyl (C=S) groups is 1. The molecule has 0 bridgehead atoms. The van der Waals surface area contributed by atoms with Gasteiger partial charge in [0.15, 0.2) is 0 Å². The Morgan fingerprint density at radius 1 is 1.21 bits per heavy atom. The number of aliphatic carboxylic acids is 1. The monoisotopic (exact) mass is 419 g/mol. The molecule has 1 amide bonds. The normalized spacial score (nSPS) is 19.7. The van der Waals surface area contributed by atoms with Crippen molar-refractivity contribution in [2.24, 2.45) is 0 Å². The highest BCUT2D eigenvalue weighted by Crippen LogP contribution is 2.32. The molecule has 2 heterocycles. The number of amides is 1. The summed E-state index contributed by atoms with van der Waals surface area (Å²) in [5.41, 5.74) is 2.09. The van der Waals surface area contributed by atoms with E-state index in [2.05, 4.69) is 28.9 Å². The standard InChI is InChI=1S/C20H25N3O3S2/c1-2-3-8-21-9-11-22(12-10-21)16-6-4-15(5-7-16)13-17-19(26)23(14-18(24)25)20(27)28-17/h4-7,13H,2-3,8-12,14H2,1H3,(H,24,25)/b17-13-. The Bertz CT molecular complexity index is 771. The fourth-order valence-electron chi connectivity index (χ4n) is 3.32. The minimum Gasteiger partial charge on any atom is -0.480 e. The lowest BCUT2D eigenvalue weighted by Crippen LogP contribution is -2.46. The summed E-state index contributed by atoms with van der Waals surface area (Å²) < 4.78 is 0.288. The maximum absolute atomic E-state index is 12.3. The van der Waals surface area contributed by atoms with Gasteiger partial charge in [-0.15, -0.1) is 0 Å². The van der Waals surface area contributed by atoms with Crippen molar-refractivity contribution in [1.82, 2.24) is 9.80 Å². The summed E-state index contributed by atoms with van der Waals surface area (Å²) in [5.74, 6) is -1.42. The first-order valence-corrected chi connectivity index (χ1v) is 10.7. The van der Waals surface area contributed by atoms with Gasteiger partial charge < -0.3 is 10.0 Å².